The molecule has 4 heterocycles. The van der Waals surface area contributed by atoms with Crippen molar-refractivity contribution in [2.45, 2.75) is 64.3 Å². The lowest BCUT2D eigenvalue weighted by Gasteiger charge is -2.37. The van der Waals surface area contributed by atoms with Gasteiger partial charge in [-0.15, -0.1) is 0 Å². The van der Waals surface area contributed by atoms with Crippen LogP contribution < -0.4 is 4.90 Å². The van der Waals surface area contributed by atoms with E-state index in [1.165, 1.54) is 24.8 Å². The normalized spacial score (nSPS) is 20.8. The molecule has 0 radical (unpaired) electrons. The zero-order valence-electron chi connectivity index (χ0n) is 19.5. The number of para-hydroxylation sites is 1. The van der Waals surface area contributed by atoms with Crippen molar-refractivity contribution >= 4 is 22.6 Å². The first kappa shape index (κ1) is 20.7. The molecule has 6 rings (SSSR count). The molecule has 1 saturated heterocycles. The Morgan fingerprint density at radius 3 is 2.85 bits per heavy atom. The highest BCUT2D eigenvalue weighted by Gasteiger charge is 2.33. The smallest absolute Gasteiger partial charge is 0.227 e. The van der Waals surface area contributed by atoms with Crippen LogP contribution in [0.3, 0.4) is 0 Å². The molecule has 1 saturated carbocycles. The minimum absolute atomic E-state index is 0.0230. The molecule has 1 aromatic carbocycles. The number of aromatic nitrogens is 3. The highest BCUT2D eigenvalue weighted by molar-refractivity contribution is 5.89. The van der Waals surface area contributed by atoms with Gasteiger partial charge in [0.1, 0.15) is 5.82 Å². The first-order valence-corrected chi connectivity index (χ1v) is 12.6. The minimum atomic E-state index is -0.0230. The van der Waals surface area contributed by atoms with E-state index in [-0.39, 0.29) is 11.9 Å². The number of aryl methyl sites for hydroxylation is 1. The van der Waals surface area contributed by atoms with Gasteiger partial charge in [0.15, 0.2) is 5.82 Å². The highest BCUT2D eigenvalue weighted by Crippen LogP contribution is 2.37. The van der Waals surface area contributed by atoms with Crippen molar-refractivity contribution in [3.05, 3.63) is 53.1 Å². The van der Waals surface area contributed by atoms with Crippen molar-refractivity contribution in [2.75, 3.05) is 24.5 Å². The summed E-state index contributed by atoms with van der Waals surface area (Å²) in [5, 5.41) is 1.14. The number of fused-ring (bicyclic) bond motifs is 2. The van der Waals surface area contributed by atoms with E-state index in [2.05, 4.69) is 33.8 Å². The third-order valence-electron chi connectivity index (χ3n) is 7.68. The number of piperidine rings is 1. The second-order valence-electron chi connectivity index (χ2n) is 10.1. The number of benzene rings is 1. The quantitative estimate of drug-likeness (QED) is 0.619. The van der Waals surface area contributed by atoms with Crippen molar-refractivity contribution in [1.29, 1.82) is 0 Å². The van der Waals surface area contributed by atoms with Gasteiger partial charge in [-0.05, 0) is 69.4 Å². The second kappa shape index (κ2) is 8.47. The topological polar surface area (TPSA) is 65.1 Å². The summed E-state index contributed by atoms with van der Waals surface area (Å²) in [6.07, 6.45) is 10.5. The van der Waals surface area contributed by atoms with Crippen molar-refractivity contribution in [3.63, 3.8) is 0 Å². The lowest BCUT2D eigenvalue weighted by molar-refractivity contribution is -0.134. The molecule has 0 bridgehead atoms. The van der Waals surface area contributed by atoms with E-state index in [1.807, 2.05) is 18.3 Å². The Morgan fingerprint density at radius 2 is 1.97 bits per heavy atom. The van der Waals surface area contributed by atoms with Crippen LogP contribution in [-0.4, -0.2) is 45.4 Å². The number of amides is 1. The Balaban J connectivity index is 1.29. The number of rotatable bonds is 5. The minimum Gasteiger partial charge on any atom is -0.361 e. The van der Waals surface area contributed by atoms with Crippen LogP contribution in [0.1, 0.15) is 67.2 Å². The zero-order chi connectivity index (χ0) is 22.4. The molecule has 1 aliphatic carbocycles. The Hall–Kier alpha value is -2.89. The number of hydrogen-bond acceptors (Lipinski definition) is 4. The van der Waals surface area contributed by atoms with E-state index >= 15 is 0 Å². The van der Waals surface area contributed by atoms with Crippen LogP contribution >= 0.6 is 0 Å². The highest BCUT2D eigenvalue weighted by atomic mass is 16.2. The van der Waals surface area contributed by atoms with Crippen LogP contribution in [0.5, 0.6) is 0 Å². The van der Waals surface area contributed by atoms with Crippen LogP contribution in [0.2, 0.25) is 0 Å². The van der Waals surface area contributed by atoms with Gasteiger partial charge < -0.3 is 14.8 Å². The number of carbonyl (C=O) groups is 1. The van der Waals surface area contributed by atoms with Gasteiger partial charge in [0.2, 0.25) is 5.91 Å². The maximum Gasteiger partial charge on any atom is 0.227 e. The molecule has 1 unspecified atom stereocenters. The molecule has 6 heteroatoms. The predicted molar refractivity (Wildman–Crippen MR) is 130 cm³/mol. The number of nitrogens with one attached hydrogen (secondary N) is 1. The summed E-state index contributed by atoms with van der Waals surface area (Å²) >= 11 is 0. The number of carbonyl (C=O) groups excluding carboxylic acids is 1. The largest absolute Gasteiger partial charge is 0.361 e. The van der Waals surface area contributed by atoms with Crippen LogP contribution in [0.15, 0.2) is 30.5 Å². The van der Waals surface area contributed by atoms with Gasteiger partial charge in [-0.25, -0.2) is 9.97 Å². The van der Waals surface area contributed by atoms with Gasteiger partial charge in [-0.3, -0.25) is 4.79 Å². The predicted octanol–water partition coefficient (Wildman–Crippen LogP) is 4.73. The summed E-state index contributed by atoms with van der Waals surface area (Å²) in [6, 6.07) is 8.18. The number of hydrogen-bond donors (Lipinski definition) is 1. The lowest BCUT2D eigenvalue weighted by Crippen LogP contribution is -2.41. The number of anilines is 1. The number of nitrogens with zero attached hydrogens (tertiary/aromatic N) is 4. The maximum absolute atomic E-state index is 13.5. The molecular weight excluding hydrogens is 410 g/mol. The van der Waals surface area contributed by atoms with Crippen molar-refractivity contribution < 1.29 is 4.79 Å². The van der Waals surface area contributed by atoms with E-state index < -0.39 is 0 Å². The summed E-state index contributed by atoms with van der Waals surface area (Å²) in [6.45, 7) is 5.13. The summed E-state index contributed by atoms with van der Waals surface area (Å²) in [5.74, 6) is 3.00. The van der Waals surface area contributed by atoms with E-state index in [0.29, 0.717) is 6.42 Å². The SMILES string of the molecule is Cc1nc(C2CCCCN2C(=O)Cc2c[nH]c3ccccc23)nc2c1CCCN2CC1CC1. The van der Waals surface area contributed by atoms with Crippen LogP contribution in [-0.2, 0) is 17.6 Å². The summed E-state index contributed by atoms with van der Waals surface area (Å²) in [5.41, 5.74) is 4.57. The first-order valence-electron chi connectivity index (χ1n) is 12.6. The molecule has 2 fully saturated rings. The Labute approximate surface area is 195 Å². The fourth-order valence-electron chi connectivity index (χ4n) is 5.69. The lowest BCUT2D eigenvalue weighted by atomic mass is 9.98. The van der Waals surface area contributed by atoms with Gasteiger partial charge in [0.05, 0.1) is 12.5 Å². The van der Waals surface area contributed by atoms with Crippen LogP contribution in [0.4, 0.5) is 5.82 Å². The van der Waals surface area contributed by atoms with Gasteiger partial charge in [-0.2, -0.15) is 0 Å². The van der Waals surface area contributed by atoms with Crippen LogP contribution in [0.25, 0.3) is 10.9 Å². The Kier molecular flexibility index (Phi) is 5.31. The molecule has 6 nitrogen and oxygen atoms in total. The Bertz CT molecular complexity index is 1180. The van der Waals surface area contributed by atoms with Gasteiger partial charge in [0, 0.05) is 48.0 Å². The summed E-state index contributed by atoms with van der Waals surface area (Å²) in [4.78, 5) is 31.5. The molecule has 3 aromatic rings. The van der Waals surface area contributed by atoms with Gasteiger partial charge >= 0.3 is 0 Å². The molecule has 2 aromatic heterocycles. The number of H-pyrrole nitrogens is 1. The molecular formula is C27H33N5O. The molecule has 0 spiro atoms. The third kappa shape index (κ3) is 4.00. The van der Waals surface area contributed by atoms with E-state index in [9.17, 15) is 4.79 Å². The molecule has 3 aliphatic rings. The maximum atomic E-state index is 13.5. The standard InChI is InChI=1S/C27H33N5O/c1-18-21-8-6-13-31(17-19-11-12-19)27(21)30-26(29-18)24-10-4-5-14-32(24)25(33)15-20-16-28-23-9-3-2-7-22(20)23/h2-3,7,9,16,19,24,28H,4-6,8,10-15,17H2,1H3. The van der Waals surface area contributed by atoms with Gasteiger partial charge in [0.25, 0.3) is 0 Å². The second-order valence-corrected chi connectivity index (χ2v) is 10.1. The Morgan fingerprint density at radius 1 is 1.09 bits per heavy atom. The molecule has 33 heavy (non-hydrogen) atoms. The van der Waals surface area contributed by atoms with Gasteiger partial charge in [-0.1, -0.05) is 18.2 Å². The van der Waals surface area contributed by atoms with E-state index in [0.717, 1.165) is 85.0 Å². The fraction of sp³-hybridized carbons (Fsp3) is 0.519. The van der Waals surface area contributed by atoms with E-state index in [4.69, 9.17) is 9.97 Å². The first-order chi connectivity index (χ1) is 16.2. The number of likely N-dealkylation sites (tertiary alicyclic amines) is 1. The average Bonchev–Trinajstić information content (AvgIpc) is 3.57. The van der Waals surface area contributed by atoms with Crippen molar-refractivity contribution in [2.24, 2.45) is 5.92 Å². The number of aromatic amines is 1. The van der Waals surface area contributed by atoms with Crippen molar-refractivity contribution in [1.82, 2.24) is 19.9 Å². The summed E-state index contributed by atoms with van der Waals surface area (Å²) < 4.78 is 0. The molecule has 2 aliphatic heterocycles. The van der Waals surface area contributed by atoms with E-state index in [1.54, 1.807) is 0 Å². The molecule has 1 atom stereocenters. The third-order valence-corrected chi connectivity index (χ3v) is 7.68. The average molecular weight is 444 g/mol. The molecule has 172 valence electrons. The molecule has 1 amide bonds. The van der Waals surface area contributed by atoms with Crippen LogP contribution in [0, 0.1) is 12.8 Å². The fourth-order valence-corrected chi connectivity index (χ4v) is 5.69. The molecule has 1 N–H and O–H groups in total. The summed E-state index contributed by atoms with van der Waals surface area (Å²) in [7, 11) is 0. The monoisotopic (exact) mass is 443 g/mol. The van der Waals surface area contributed by atoms with Crippen molar-refractivity contribution in [3.8, 4) is 0 Å². The zero-order valence-corrected chi connectivity index (χ0v) is 19.5.